The predicted molar refractivity (Wildman–Crippen MR) is 62.4 cm³/mol. The lowest BCUT2D eigenvalue weighted by Gasteiger charge is -2.14. The van der Waals surface area contributed by atoms with Crippen LogP contribution in [0.2, 0.25) is 0 Å². The van der Waals surface area contributed by atoms with Crippen molar-refractivity contribution in [3.8, 4) is 0 Å². The zero-order valence-corrected chi connectivity index (χ0v) is 10.1. The Balaban J connectivity index is 2.92. The van der Waals surface area contributed by atoms with E-state index in [0.29, 0.717) is 4.64 Å². The van der Waals surface area contributed by atoms with Gasteiger partial charge in [-0.05, 0) is 0 Å². The molecule has 2 rings (SSSR count). The summed E-state index contributed by atoms with van der Waals surface area (Å²) in [6, 6.07) is 0. The predicted octanol–water partition coefficient (Wildman–Crippen LogP) is 2.32. The summed E-state index contributed by atoms with van der Waals surface area (Å²) in [5.41, 5.74) is 2.91. The smallest absolute Gasteiger partial charge is 0.155 e. The van der Waals surface area contributed by atoms with E-state index in [2.05, 4.69) is 35.8 Å². The van der Waals surface area contributed by atoms with Crippen LogP contribution in [0.3, 0.4) is 0 Å². The second kappa shape index (κ2) is 3.13. The quantitative estimate of drug-likeness (QED) is 0.696. The first-order valence-corrected chi connectivity index (χ1v) is 5.23. The average Bonchev–Trinajstić information content (AvgIpc) is 2.44. The Kier molecular flexibility index (Phi) is 2.15. The van der Waals surface area contributed by atoms with Crippen LogP contribution in [0.1, 0.15) is 26.5 Å². The Labute approximate surface area is 93.3 Å². The molecule has 0 atom stereocenters. The monoisotopic (exact) mass is 222 g/mol. The molecule has 15 heavy (non-hydrogen) atoms. The highest BCUT2D eigenvalue weighted by Gasteiger charge is 2.22. The number of hydrogen-bond donors (Lipinski definition) is 1. The first kappa shape index (κ1) is 10.3. The first-order chi connectivity index (χ1) is 6.91. The standard InChI is InChI=1S/C10H14N4S/c1-10(2,3)8-6-7(14(4)13-8)9(15)12-5-11-6/h5H,1-4H3,(H,11,12,15). The fourth-order valence-electron chi connectivity index (χ4n) is 1.65. The van der Waals surface area contributed by atoms with E-state index in [-0.39, 0.29) is 5.41 Å². The molecule has 0 aliphatic carbocycles. The van der Waals surface area contributed by atoms with Gasteiger partial charge in [0.05, 0.1) is 17.5 Å². The largest absolute Gasteiger partial charge is 0.343 e. The molecule has 2 heterocycles. The maximum atomic E-state index is 5.19. The zero-order valence-electron chi connectivity index (χ0n) is 9.33. The first-order valence-electron chi connectivity index (χ1n) is 4.82. The number of rotatable bonds is 0. The molecule has 2 aromatic rings. The fourth-order valence-corrected chi connectivity index (χ4v) is 1.93. The van der Waals surface area contributed by atoms with Crippen molar-refractivity contribution in [1.29, 1.82) is 0 Å². The normalized spacial score (nSPS) is 12.3. The third kappa shape index (κ3) is 1.56. The summed E-state index contributed by atoms with van der Waals surface area (Å²) in [5, 5.41) is 4.50. The van der Waals surface area contributed by atoms with Gasteiger partial charge in [0, 0.05) is 12.5 Å². The summed E-state index contributed by atoms with van der Waals surface area (Å²) < 4.78 is 2.39. The van der Waals surface area contributed by atoms with E-state index in [1.54, 1.807) is 11.0 Å². The summed E-state index contributed by atoms with van der Waals surface area (Å²) >= 11 is 5.19. The Morgan fingerprint density at radius 2 is 2.07 bits per heavy atom. The van der Waals surface area contributed by atoms with Gasteiger partial charge in [0.15, 0.2) is 4.64 Å². The van der Waals surface area contributed by atoms with Gasteiger partial charge in [-0.25, -0.2) is 4.98 Å². The zero-order chi connectivity index (χ0) is 11.2. The van der Waals surface area contributed by atoms with Gasteiger partial charge >= 0.3 is 0 Å². The number of nitrogens with zero attached hydrogens (tertiary/aromatic N) is 3. The highest BCUT2D eigenvalue weighted by Crippen LogP contribution is 2.27. The van der Waals surface area contributed by atoms with E-state index in [1.165, 1.54) is 0 Å². The molecule has 0 spiro atoms. The summed E-state index contributed by atoms with van der Waals surface area (Å²) in [6.45, 7) is 6.39. The van der Waals surface area contributed by atoms with Gasteiger partial charge in [-0.3, -0.25) is 4.68 Å². The summed E-state index contributed by atoms with van der Waals surface area (Å²) in [5.74, 6) is 0. The molecule has 0 saturated carbocycles. The van der Waals surface area contributed by atoms with Gasteiger partial charge in [-0.2, -0.15) is 5.10 Å². The highest BCUT2D eigenvalue weighted by molar-refractivity contribution is 7.71. The lowest BCUT2D eigenvalue weighted by atomic mass is 9.91. The van der Waals surface area contributed by atoms with Crippen LogP contribution in [0.25, 0.3) is 11.0 Å². The number of hydrogen-bond acceptors (Lipinski definition) is 3. The minimum absolute atomic E-state index is 0.000856. The Morgan fingerprint density at radius 1 is 1.40 bits per heavy atom. The molecular formula is C10H14N4S. The molecule has 4 nitrogen and oxygen atoms in total. The van der Waals surface area contributed by atoms with Crippen LogP contribution in [0.5, 0.6) is 0 Å². The Hall–Kier alpha value is -1.23. The van der Waals surface area contributed by atoms with Crippen molar-refractivity contribution in [2.45, 2.75) is 26.2 Å². The third-order valence-corrected chi connectivity index (χ3v) is 2.65. The van der Waals surface area contributed by atoms with E-state index in [1.807, 2.05) is 7.05 Å². The number of nitrogens with one attached hydrogen (secondary N) is 1. The van der Waals surface area contributed by atoms with Crippen LogP contribution in [-0.2, 0) is 12.5 Å². The van der Waals surface area contributed by atoms with E-state index in [4.69, 9.17) is 12.2 Å². The van der Waals surface area contributed by atoms with Crippen LogP contribution >= 0.6 is 12.2 Å². The molecule has 0 radical (unpaired) electrons. The molecule has 0 aliphatic rings. The fraction of sp³-hybridized carbons (Fsp3) is 0.500. The van der Waals surface area contributed by atoms with Gasteiger partial charge in [-0.1, -0.05) is 33.0 Å². The van der Waals surface area contributed by atoms with Gasteiger partial charge < -0.3 is 4.98 Å². The topological polar surface area (TPSA) is 46.5 Å². The van der Waals surface area contributed by atoms with Crippen LogP contribution in [-0.4, -0.2) is 19.7 Å². The van der Waals surface area contributed by atoms with E-state index in [0.717, 1.165) is 16.7 Å². The summed E-state index contributed by atoms with van der Waals surface area (Å²) in [4.78, 5) is 7.19. The van der Waals surface area contributed by atoms with Crippen molar-refractivity contribution in [2.75, 3.05) is 0 Å². The molecule has 0 aromatic carbocycles. The van der Waals surface area contributed by atoms with E-state index < -0.39 is 0 Å². The maximum absolute atomic E-state index is 5.19. The lowest BCUT2D eigenvalue weighted by molar-refractivity contribution is 0.557. The number of H-pyrrole nitrogens is 1. The van der Waals surface area contributed by atoms with Gasteiger partial charge in [-0.15, -0.1) is 0 Å². The summed E-state index contributed by atoms with van der Waals surface area (Å²) in [6.07, 6.45) is 1.63. The van der Waals surface area contributed by atoms with E-state index in [9.17, 15) is 0 Å². The van der Waals surface area contributed by atoms with Crippen molar-refractivity contribution < 1.29 is 0 Å². The molecule has 5 heteroatoms. The lowest BCUT2D eigenvalue weighted by Crippen LogP contribution is -2.13. The highest BCUT2D eigenvalue weighted by atomic mass is 32.1. The van der Waals surface area contributed by atoms with Gasteiger partial charge in [0.25, 0.3) is 0 Å². The second-order valence-corrected chi connectivity index (χ2v) is 5.04. The molecular weight excluding hydrogens is 208 g/mol. The average molecular weight is 222 g/mol. The van der Waals surface area contributed by atoms with Gasteiger partial charge in [0.2, 0.25) is 0 Å². The number of aromatic nitrogens is 4. The number of fused-ring (bicyclic) bond motifs is 1. The number of aryl methyl sites for hydroxylation is 1. The molecule has 0 unspecified atom stereocenters. The van der Waals surface area contributed by atoms with Crippen molar-refractivity contribution >= 4 is 23.3 Å². The number of aromatic amines is 1. The Morgan fingerprint density at radius 3 is 2.67 bits per heavy atom. The van der Waals surface area contributed by atoms with E-state index >= 15 is 0 Å². The summed E-state index contributed by atoms with van der Waals surface area (Å²) in [7, 11) is 1.89. The van der Waals surface area contributed by atoms with Crippen molar-refractivity contribution in [3.05, 3.63) is 16.7 Å². The second-order valence-electron chi connectivity index (χ2n) is 4.65. The van der Waals surface area contributed by atoms with Crippen LogP contribution in [0.15, 0.2) is 6.33 Å². The molecule has 1 N–H and O–H groups in total. The SMILES string of the molecule is Cn1nc(C(C)(C)C)c2[nH]cnc(=S)c21. The Bertz CT molecular complexity index is 559. The molecule has 0 aliphatic heterocycles. The minimum atomic E-state index is -0.000856. The molecule has 80 valence electrons. The molecule has 2 aromatic heterocycles. The minimum Gasteiger partial charge on any atom is -0.343 e. The maximum Gasteiger partial charge on any atom is 0.155 e. The van der Waals surface area contributed by atoms with Crippen LogP contribution in [0.4, 0.5) is 0 Å². The third-order valence-electron chi connectivity index (χ3n) is 2.35. The van der Waals surface area contributed by atoms with Crippen molar-refractivity contribution in [2.24, 2.45) is 7.05 Å². The van der Waals surface area contributed by atoms with Crippen molar-refractivity contribution in [3.63, 3.8) is 0 Å². The van der Waals surface area contributed by atoms with Crippen LogP contribution in [0, 0.1) is 4.64 Å². The van der Waals surface area contributed by atoms with Crippen LogP contribution < -0.4 is 0 Å². The molecule has 0 fully saturated rings. The van der Waals surface area contributed by atoms with Crippen molar-refractivity contribution in [1.82, 2.24) is 19.7 Å². The van der Waals surface area contributed by atoms with Gasteiger partial charge in [0.1, 0.15) is 5.52 Å². The molecule has 0 saturated heterocycles. The molecule has 0 bridgehead atoms. The molecule has 0 amide bonds.